The van der Waals surface area contributed by atoms with Crippen molar-refractivity contribution in [2.24, 2.45) is 0 Å². The normalized spacial score (nSPS) is 16.6. The molecule has 110 valence electrons. The van der Waals surface area contributed by atoms with E-state index in [1.807, 2.05) is 37.1 Å². The molecule has 1 saturated heterocycles. The SMILES string of the molecule is CNc1ccc(C(=O)N2CCC(N(C)C)CC2)cc1C. The number of aryl methyl sites for hydroxylation is 1. The molecule has 0 spiro atoms. The van der Waals surface area contributed by atoms with Crippen molar-refractivity contribution in [1.82, 2.24) is 9.80 Å². The Hall–Kier alpha value is -1.55. The fourth-order valence-electron chi connectivity index (χ4n) is 2.85. The second-order valence-corrected chi connectivity index (χ2v) is 5.77. The lowest BCUT2D eigenvalue weighted by molar-refractivity contribution is 0.0663. The van der Waals surface area contributed by atoms with Gasteiger partial charge in [0, 0.05) is 37.4 Å². The minimum absolute atomic E-state index is 0.160. The van der Waals surface area contributed by atoms with Crippen molar-refractivity contribution in [3.05, 3.63) is 29.3 Å². The van der Waals surface area contributed by atoms with Gasteiger partial charge < -0.3 is 15.1 Å². The maximum Gasteiger partial charge on any atom is 0.253 e. The minimum Gasteiger partial charge on any atom is -0.388 e. The Labute approximate surface area is 121 Å². The first-order valence-corrected chi connectivity index (χ1v) is 7.27. The summed E-state index contributed by atoms with van der Waals surface area (Å²) in [5.41, 5.74) is 2.99. The van der Waals surface area contributed by atoms with Crippen molar-refractivity contribution in [2.45, 2.75) is 25.8 Å². The predicted molar refractivity (Wildman–Crippen MR) is 83.3 cm³/mol. The number of carbonyl (C=O) groups excluding carboxylic acids is 1. The van der Waals surface area contributed by atoms with Gasteiger partial charge in [-0.25, -0.2) is 0 Å². The smallest absolute Gasteiger partial charge is 0.253 e. The van der Waals surface area contributed by atoms with Crippen LogP contribution in [0, 0.1) is 6.92 Å². The Morgan fingerprint density at radius 3 is 2.45 bits per heavy atom. The van der Waals surface area contributed by atoms with Crippen molar-refractivity contribution >= 4 is 11.6 Å². The molecule has 0 saturated carbocycles. The number of likely N-dealkylation sites (tertiary alicyclic amines) is 1. The monoisotopic (exact) mass is 275 g/mol. The van der Waals surface area contributed by atoms with Crippen molar-refractivity contribution in [3.8, 4) is 0 Å². The topological polar surface area (TPSA) is 35.6 Å². The quantitative estimate of drug-likeness (QED) is 0.918. The summed E-state index contributed by atoms with van der Waals surface area (Å²) in [7, 11) is 6.12. The Balaban J connectivity index is 2.04. The molecule has 0 atom stereocenters. The molecule has 1 aromatic carbocycles. The number of benzene rings is 1. The zero-order chi connectivity index (χ0) is 14.7. The van der Waals surface area contributed by atoms with E-state index in [0.29, 0.717) is 6.04 Å². The molecule has 1 amide bonds. The molecule has 0 bridgehead atoms. The molecule has 2 rings (SSSR count). The van der Waals surface area contributed by atoms with Gasteiger partial charge in [0.05, 0.1) is 0 Å². The zero-order valence-corrected chi connectivity index (χ0v) is 12.9. The molecule has 1 aromatic rings. The summed E-state index contributed by atoms with van der Waals surface area (Å²) >= 11 is 0. The van der Waals surface area contributed by atoms with E-state index in [9.17, 15) is 4.79 Å². The van der Waals surface area contributed by atoms with Crippen LogP contribution in [-0.2, 0) is 0 Å². The highest BCUT2D eigenvalue weighted by Gasteiger charge is 2.24. The summed E-state index contributed by atoms with van der Waals surface area (Å²) in [6.07, 6.45) is 2.12. The molecule has 4 nitrogen and oxygen atoms in total. The van der Waals surface area contributed by atoms with Gasteiger partial charge >= 0.3 is 0 Å². The van der Waals surface area contributed by atoms with E-state index in [1.165, 1.54) is 0 Å². The predicted octanol–water partition coefficient (Wildman–Crippen LogP) is 2.20. The second-order valence-electron chi connectivity index (χ2n) is 5.77. The van der Waals surface area contributed by atoms with Crippen LogP contribution in [-0.4, -0.2) is 56.0 Å². The molecule has 0 unspecified atom stereocenters. The third-order valence-electron chi connectivity index (χ3n) is 4.22. The molecule has 0 radical (unpaired) electrons. The molecule has 1 fully saturated rings. The van der Waals surface area contributed by atoms with Crippen molar-refractivity contribution in [2.75, 3.05) is 39.5 Å². The van der Waals surface area contributed by atoms with Crippen LogP contribution in [0.25, 0.3) is 0 Å². The van der Waals surface area contributed by atoms with E-state index in [1.54, 1.807) is 0 Å². The van der Waals surface area contributed by atoms with Crippen LogP contribution in [0.15, 0.2) is 18.2 Å². The third-order valence-corrected chi connectivity index (χ3v) is 4.22. The summed E-state index contributed by atoms with van der Waals surface area (Å²) in [6.45, 7) is 3.74. The standard InChI is InChI=1S/C16H25N3O/c1-12-11-13(5-6-15(12)17-2)16(20)19-9-7-14(8-10-19)18(3)4/h5-6,11,14,17H,7-10H2,1-4H3. The number of carbonyl (C=O) groups is 1. The summed E-state index contributed by atoms with van der Waals surface area (Å²) < 4.78 is 0. The van der Waals surface area contributed by atoms with E-state index in [-0.39, 0.29) is 5.91 Å². The van der Waals surface area contributed by atoms with E-state index in [0.717, 1.165) is 42.7 Å². The van der Waals surface area contributed by atoms with E-state index in [2.05, 4.69) is 24.3 Å². The molecule has 20 heavy (non-hydrogen) atoms. The molecule has 1 N–H and O–H groups in total. The fourth-order valence-corrected chi connectivity index (χ4v) is 2.85. The summed E-state index contributed by atoms with van der Waals surface area (Å²) in [6, 6.07) is 6.48. The molecule has 4 heteroatoms. The lowest BCUT2D eigenvalue weighted by Crippen LogP contribution is -2.44. The van der Waals surface area contributed by atoms with Gasteiger partial charge in [-0.05, 0) is 57.6 Å². The van der Waals surface area contributed by atoms with Crippen LogP contribution in [0.2, 0.25) is 0 Å². The molecule has 0 aliphatic carbocycles. The third kappa shape index (κ3) is 3.12. The number of hydrogen-bond acceptors (Lipinski definition) is 3. The average molecular weight is 275 g/mol. The Bertz CT molecular complexity index is 477. The summed E-state index contributed by atoms with van der Waals surface area (Å²) in [5.74, 6) is 0.160. The van der Waals surface area contributed by atoms with Crippen LogP contribution >= 0.6 is 0 Å². The number of nitrogens with zero attached hydrogens (tertiary/aromatic N) is 2. The Morgan fingerprint density at radius 1 is 1.30 bits per heavy atom. The van der Waals surface area contributed by atoms with Gasteiger partial charge in [0.25, 0.3) is 5.91 Å². The molecular formula is C16H25N3O. The first-order valence-electron chi connectivity index (χ1n) is 7.27. The highest BCUT2D eigenvalue weighted by Crippen LogP contribution is 2.20. The molecular weight excluding hydrogens is 250 g/mol. The number of anilines is 1. The van der Waals surface area contributed by atoms with Gasteiger partial charge in [-0.2, -0.15) is 0 Å². The number of hydrogen-bond donors (Lipinski definition) is 1. The molecule has 1 heterocycles. The highest BCUT2D eigenvalue weighted by molar-refractivity contribution is 5.95. The zero-order valence-electron chi connectivity index (χ0n) is 12.9. The molecule has 1 aliphatic heterocycles. The first-order chi connectivity index (χ1) is 9.52. The maximum absolute atomic E-state index is 12.5. The fraction of sp³-hybridized carbons (Fsp3) is 0.562. The Morgan fingerprint density at radius 2 is 1.95 bits per heavy atom. The average Bonchev–Trinajstić information content (AvgIpc) is 2.46. The van der Waals surface area contributed by atoms with Crippen LogP contribution in [0.1, 0.15) is 28.8 Å². The van der Waals surface area contributed by atoms with Crippen LogP contribution in [0.3, 0.4) is 0 Å². The van der Waals surface area contributed by atoms with E-state index < -0.39 is 0 Å². The lowest BCUT2D eigenvalue weighted by atomic mass is 10.0. The number of nitrogens with one attached hydrogen (secondary N) is 1. The summed E-state index contributed by atoms with van der Waals surface area (Å²) in [5, 5.41) is 3.13. The van der Waals surface area contributed by atoms with Crippen molar-refractivity contribution in [1.29, 1.82) is 0 Å². The van der Waals surface area contributed by atoms with Crippen molar-refractivity contribution in [3.63, 3.8) is 0 Å². The van der Waals surface area contributed by atoms with Crippen LogP contribution in [0.4, 0.5) is 5.69 Å². The first kappa shape index (κ1) is 14.9. The highest BCUT2D eigenvalue weighted by atomic mass is 16.2. The Kier molecular flexibility index (Phi) is 4.65. The second kappa shape index (κ2) is 6.27. The van der Waals surface area contributed by atoms with Crippen LogP contribution < -0.4 is 5.32 Å². The van der Waals surface area contributed by atoms with Gasteiger partial charge in [0.1, 0.15) is 0 Å². The maximum atomic E-state index is 12.5. The number of piperidine rings is 1. The van der Waals surface area contributed by atoms with Gasteiger partial charge in [-0.15, -0.1) is 0 Å². The van der Waals surface area contributed by atoms with Gasteiger partial charge in [0.2, 0.25) is 0 Å². The van der Waals surface area contributed by atoms with Gasteiger partial charge in [-0.1, -0.05) is 0 Å². The van der Waals surface area contributed by atoms with Gasteiger partial charge in [-0.3, -0.25) is 4.79 Å². The number of amides is 1. The van der Waals surface area contributed by atoms with Gasteiger partial charge in [0.15, 0.2) is 0 Å². The van der Waals surface area contributed by atoms with Crippen molar-refractivity contribution < 1.29 is 4.79 Å². The largest absolute Gasteiger partial charge is 0.388 e. The molecule has 1 aliphatic rings. The summed E-state index contributed by atoms with van der Waals surface area (Å²) in [4.78, 5) is 16.8. The van der Waals surface area contributed by atoms with E-state index in [4.69, 9.17) is 0 Å². The minimum atomic E-state index is 0.160. The lowest BCUT2D eigenvalue weighted by Gasteiger charge is -2.35. The van der Waals surface area contributed by atoms with E-state index >= 15 is 0 Å². The van der Waals surface area contributed by atoms with Crippen LogP contribution in [0.5, 0.6) is 0 Å². The number of rotatable bonds is 3. The molecule has 0 aromatic heterocycles.